The van der Waals surface area contributed by atoms with Gasteiger partial charge in [-0.2, -0.15) is 0 Å². The van der Waals surface area contributed by atoms with Crippen molar-refractivity contribution in [3.63, 3.8) is 0 Å². The summed E-state index contributed by atoms with van der Waals surface area (Å²) in [6.07, 6.45) is 0. The van der Waals surface area contributed by atoms with Crippen LogP contribution in [-0.4, -0.2) is 18.6 Å². The van der Waals surface area contributed by atoms with Crippen LogP contribution in [0.5, 0.6) is 0 Å². The van der Waals surface area contributed by atoms with Gasteiger partial charge in [0.05, 0.1) is 4.92 Å². The number of nitro benzene ring substituents is 1. The SMILES string of the molecule is O=[N+]([O-])c1ccc([C@H](Cl)S(=O)(=O)CCl)cc1. The van der Waals surface area contributed by atoms with Crippen molar-refractivity contribution in [3.05, 3.63) is 39.9 Å². The Morgan fingerprint density at radius 3 is 2.19 bits per heavy atom. The van der Waals surface area contributed by atoms with Crippen molar-refractivity contribution in [1.29, 1.82) is 0 Å². The fourth-order valence-electron chi connectivity index (χ4n) is 1.01. The van der Waals surface area contributed by atoms with Crippen molar-refractivity contribution < 1.29 is 13.3 Å². The maximum Gasteiger partial charge on any atom is 0.269 e. The van der Waals surface area contributed by atoms with E-state index in [1.165, 1.54) is 24.3 Å². The van der Waals surface area contributed by atoms with Gasteiger partial charge in [0.25, 0.3) is 5.69 Å². The van der Waals surface area contributed by atoms with Gasteiger partial charge in [0.2, 0.25) is 0 Å². The topological polar surface area (TPSA) is 77.3 Å². The second-order valence-corrected chi connectivity index (χ2v) is 6.30. The Morgan fingerprint density at radius 1 is 1.31 bits per heavy atom. The van der Waals surface area contributed by atoms with Gasteiger partial charge in [-0.05, 0) is 17.7 Å². The van der Waals surface area contributed by atoms with Crippen LogP contribution in [0.2, 0.25) is 0 Å². The van der Waals surface area contributed by atoms with Crippen molar-refractivity contribution in [2.45, 2.75) is 4.71 Å². The van der Waals surface area contributed by atoms with Crippen LogP contribution in [0.25, 0.3) is 0 Å². The first-order chi connectivity index (χ1) is 7.38. The fraction of sp³-hybridized carbons (Fsp3) is 0.250. The summed E-state index contributed by atoms with van der Waals surface area (Å²) < 4.78 is 21.4. The summed E-state index contributed by atoms with van der Waals surface area (Å²) in [5.74, 6) is 0. The van der Waals surface area contributed by atoms with Crippen molar-refractivity contribution in [3.8, 4) is 0 Å². The lowest BCUT2D eigenvalue weighted by atomic mass is 10.2. The highest BCUT2D eigenvalue weighted by atomic mass is 35.5. The highest BCUT2D eigenvalue weighted by molar-refractivity contribution is 7.93. The molecule has 0 saturated carbocycles. The molecule has 1 aromatic rings. The molecule has 1 atom stereocenters. The van der Waals surface area contributed by atoms with Crippen molar-refractivity contribution in [2.75, 3.05) is 5.21 Å². The first-order valence-electron chi connectivity index (χ1n) is 4.04. The number of alkyl halides is 2. The molecule has 0 amide bonds. The van der Waals surface area contributed by atoms with Crippen LogP contribution in [0.15, 0.2) is 24.3 Å². The van der Waals surface area contributed by atoms with Crippen molar-refractivity contribution in [2.24, 2.45) is 0 Å². The highest BCUT2D eigenvalue weighted by Gasteiger charge is 2.24. The average molecular weight is 284 g/mol. The summed E-state index contributed by atoms with van der Waals surface area (Å²) in [4.78, 5) is 9.79. The van der Waals surface area contributed by atoms with Gasteiger partial charge in [0.15, 0.2) is 14.5 Å². The molecule has 8 heteroatoms. The third-order valence-corrected chi connectivity index (χ3v) is 5.02. The van der Waals surface area contributed by atoms with E-state index in [0.717, 1.165) is 0 Å². The summed E-state index contributed by atoms with van der Waals surface area (Å²) in [5, 5.41) is 9.77. The van der Waals surface area contributed by atoms with Crippen LogP contribution in [-0.2, 0) is 9.84 Å². The number of hydrogen-bond donors (Lipinski definition) is 0. The molecule has 16 heavy (non-hydrogen) atoms. The first-order valence-corrected chi connectivity index (χ1v) is 6.73. The average Bonchev–Trinajstić information content (AvgIpc) is 2.28. The molecule has 0 aliphatic heterocycles. The maximum absolute atomic E-state index is 11.3. The molecule has 0 saturated heterocycles. The third kappa shape index (κ3) is 2.84. The Kier molecular flexibility index (Phi) is 4.12. The molecule has 0 unspecified atom stereocenters. The van der Waals surface area contributed by atoms with E-state index in [2.05, 4.69) is 0 Å². The molecular formula is C8H7Cl2NO4S. The molecule has 0 heterocycles. The van der Waals surface area contributed by atoms with Crippen LogP contribution in [0.3, 0.4) is 0 Å². The van der Waals surface area contributed by atoms with Gasteiger partial charge in [-0.25, -0.2) is 8.42 Å². The Bertz CT molecular complexity index is 485. The van der Waals surface area contributed by atoms with Crippen molar-refractivity contribution >= 4 is 38.7 Å². The molecule has 88 valence electrons. The standard InChI is InChI=1S/C8H7Cl2NO4S/c9-5-16(14,15)8(10)6-1-3-7(4-2-6)11(12)13/h1-4,8H,5H2/t8-/m1/s1. The van der Waals surface area contributed by atoms with Crippen LogP contribution in [0, 0.1) is 10.1 Å². The molecule has 0 bridgehead atoms. The molecule has 0 spiro atoms. The summed E-state index contributed by atoms with van der Waals surface area (Å²) in [7, 11) is -3.62. The molecular weight excluding hydrogens is 277 g/mol. The molecule has 1 aromatic carbocycles. The Morgan fingerprint density at radius 2 is 1.81 bits per heavy atom. The second-order valence-electron chi connectivity index (χ2n) is 2.94. The second kappa shape index (κ2) is 4.99. The summed E-state index contributed by atoms with van der Waals surface area (Å²) in [6, 6.07) is 4.96. The highest BCUT2D eigenvalue weighted by Crippen LogP contribution is 2.29. The molecule has 0 aromatic heterocycles. The largest absolute Gasteiger partial charge is 0.269 e. The number of sulfone groups is 1. The van der Waals surface area contributed by atoms with Gasteiger partial charge in [-0.3, -0.25) is 10.1 Å². The first kappa shape index (κ1) is 13.2. The monoisotopic (exact) mass is 283 g/mol. The summed E-state index contributed by atoms with van der Waals surface area (Å²) in [5.41, 5.74) is 0.129. The quantitative estimate of drug-likeness (QED) is 0.483. The Hall–Kier alpha value is -0.850. The summed E-state index contributed by atoms with van der Waals surface area (Å²) in [6.45, 7) is 0. The number of non-ortho nitro benzene ring substituents is 1. The number of nitrogens with zero attached hydrogens (tertiary/aromatic N) is 1. The van der Waals surface area contributed by atoms with E-state index in [9.17, 15) is 18.5 Å². The van der Waals surface area contributed by atoms with Crippen molar-refractivity contribution in [1.82, 2.24) is 0 Å². The fourth-order valence-corrected chi connectivity index (χ4v) is 2.60. The number of hydrogen-bond acceptors (Lipinski definition) is 4. The zero-order valence-electron chi connectivity index (χ0n) is 7.84. The normalized spacial score (nSPS) is 13.4. The van der Waals surface area contributed by atoms with E-state index in [1.54, 1.807) is 0 Å². The van der Waals surface area contributed by atoms with E-state index >= 15 is 0 Å². The van der Waals surface area contributed by atoms with Gasteiger partial charge >= 0.3 is 0 Å². The Labute approximate surface area is 102 Å². The van der Waals surface area contributed by atoms with Crippen LogP contribution in [0.4, 0.5) is 5.69 Å². The van der Waals surface area contributed by atoms with E-state index in [4.69, 9.17) is 23.2 Å². The van der Waals surface area contributed by atoms with E-state index in [1.807, 2.05) is 0 Å². The predicted octanol–water partition coefficient (Wildman–Crippen LogP) is 2.44. The van der Waals surface area contributed by atoms with Gasteiger partial charge in [-0.15, -0.1) is 23.2 Å². The minimum absolute atomic E-state index is 0.129. The molecule has 5 nitrogen and oxygen atoms in total. The minimum atomic E-state index is -3.62. The number of benzene rings is 1. The molecule has 0 aliphatic rings. The van der Waals surface area contributed by atoms with Gasteiger partial charge in [0, 0.05) is 12.1 Å². The molecule has 0 N–H and O–H groups in total. The lowest BCUT2D eigenvalue weighted by Crippen LogP contribution is -2.09. The lowest BCUT2D eigenvalue weighted by molar-refractivity contribution is -0.384. The van der Waals surface area contributed by atoms with E-state index in [0.29, 0.717) is 0 Å². The van der Waals surface area contributed by atoms with Gasteiger partial charge in [0.1, 0.15) is 5.21 Å². The smallest absolute Gasteiger partial charge is 0.258 e. The van der Waals surface area contributed by atoms with Gasteiger partial charge < -0.3 is 0 Å². The molecule has 1 rings (SSSR count). The van der Waals surface area contributed by atoms with Crippen LogP contribution >= 0.6 is 23.2 Å². The predicted molar refractivity (Wildman–Crippen MR) is 61.3 cm³/mol. The van der Waals surface area contributed by atoms with Crippen LogP contribution < -0.4 is 0 Å². The summed E-state index contributed by atoms with van der Waals surface area (Å²) >= 11 is 10.9. The number of rotatable bonds is 4. The molecule has 0 radical (unpaired) electrons. The Balaban J connectivity index is 3.03. The molecule has 0 aliphatic carbocycles. The zero-order chi connectivity index (χ0) is 12.3. The van der Waals surface area contributed by atoms with E-state index < -0.39 is 24.7 Å². The lowest BCUT2D eigenvalue weighted by Gasteiger charge is -2.08. The maximum atomic E-state index is 11.3. The number of nitro groups is 1. The van der Waals surface area contributed by atoms with Crippen LogP contribution in [0.1, 0.15) is 10.3 Å². The minimum Gasteiger partial charge on any atom is -0.258 e. The number of halogens is 2. The zero-order valence-corrected chi connectivity index (χ0v) is 10.2. The molecule has 0 fully saturated rings. The third-order valence-electron chi connectivity index (χ3n) is 1.83. The van der Waals surface area contributed by atoms with Gasteiger partial charge in [-0.1, -0.05) is 0 Å². The van der Waals surface area contributed by atoms with E-state index in [-0.39, 0.29) is 11.3 Å².